The molecule has 9 nitrogen and oxygen atoms in total. The maximum absolute atomic E-state index is 12.1. The molecule has 0 aliphatic carbocycles. The first-order valence-electron chi connectivity index (χ1n) is 6.02. The Labute approximate surface area is 134 Å². The van der Waals surface area contributed by atoms with Gasteiger partial charge >= 0.3 is 0 Å². The number of amides is 1. The van der Waals surface area contributed by atoms with Crippen LogP contribution >= 0.6 is 23.4 Å². The normalized spacial score (nSPS) is 12.0. The van der Waals surface area contributed by atoms with Crippen LogP contribution in [0.15, 0.2) is 23.4 Å². The van der Waals surface area contributed by atoms with Crippen molar-refractivity contribution in [3.63, 3.8) is 0 Å². The molecule has 0 aliphatic rings. The summed E-state index contributed by atoms with van der Waals surface area (Å²) in [6.07, 6.45) is 0. The molecule has 2 aromatic rings. The molecule has 1 amide bonds. The topological polar surface area (TPSA) is 116 Å². The van der Waals surface area contributed by atoms with Gasteiger partial charge in [-0.25, -0.2) is 4.68 Å². The molecule has 1 heterocycles. The maximum Gasteiger partial charge on any atom is 0.271 e. The molecule has 1 aromatic heterocycles. The van der Waals surface area contributed by atoms with Crippen LogP contribution in [0.2, 0.25) is 5.02 Å². The van der Waals surface area contributed by atoms with E-state index in [1.807, 2.05) is 0 Å². The second kappa shape index (κ2) is 6.71. The van der Waals surface area contributed by atoms with Gasteiger partial charge in [0.15, 0.2) is 0 Å². The van der Waals surface area contributed by atoms with E-state index in [9.17, 15) is 14.9 Å². The number of benzene rings is 1. The van der Waals surface area contributed by atoms with Crippen molar-refractivity contribution in [3.05, 3.63) is 33.3 Å². The van der Waals surface area contributed by atoms with Gasteiger partial charge in [-0.2, -0.15) is 0 Å². The molecule has 22 heavy (non-hydrogen) atoms. The number of thioether (sulfide) groups is 1. The number of hydrogen-bond donors (Lipinski definition) is 1. The molecule has 0 bridgehead atoms. The van der Waals surface area contributed by atoms with E-state index in [-0.39, 0.29) is 16.6 Å². The molecule has 116 valence electrons. The Morgan fingerprint density at radius 3 is 2.82 bits per heavy atom. The summed E-state index contributed by atoms with van der Waals surface area (Å²) in [7, 11) is 1.67. The third-order valence-corrected chi connectivity index (χ3v) is 4.09. The summed E-state index contributed by atoms with van der Waals surface area (Å²) in [4.78, 5) is 22.2. The Bertz CT molecular complexity index is 722. The SMILES string of the molecule is C[C@@H](Sc1nnnn1C)C(=O)Nc1ccc([N+](=O)[O-])cc1Cl. The molecule has 1 atom stereocenters. The van der Waals surface area contributed by atoms with E-state index in [4.69, 9.17) is 11.6 Å². The number of nitrogens with zero attached hydrogens (tertiary/aromatic N) is 5. The van der Waals surface area contributed by atoms with E-state index in [1.54, 1.807) is 14.0 Å². The summed E-state index contributed by atoms with van der Waals surface area (Å²) in [5, 5.41) is 24.3. The Balaban J connectivity index is 2.05. The number of carbonyl (C=O) groups is 1. The molecule has 0 saturated carbocycles. The van der Waals surface area contributed by atoms with Crippen LogP contribution < -0.4 is 5.32 Å². The van der Waals surface area contributed by atoms with Gasteiger partial charge in [-0.15, -0.1) is 5.10 Å². The van der Waals surface area contributed by atoms with Gasteiger partial charge in [-0.1, -0.05) is 23.4 Å². The highest BCUT2D eigenvalue weighted by atomic mass is 35.5. The van der Waals surface area contributed by atoms with Gasteiger partial charge in [0.25, 0.3) is 5.69 Å². The van der Waals surface area contributed by atoms with E-state index in [0.717, 1.165) is 0 Å². The van der Waals surface area contributed by atoms with Crippen LogP contribution in [-0.2, 0) is 11.8 Å². The van der Waals surface area contributed by atoms with Crippen molar-refractivity contribution in [1.29, 1.82) is 0 Å². The second-order valence-electron chi connectivity index (χ2n) is 4.26. The number of halogens is 1. The smallest absolute Gasteiger partial charge is 0.271 e. The van der Waals surface area contributed by atoms with Crippen molar-refractivity contribution in [3.8, 4) is 0 Å². The number of anilines is 1. The number of nitro groups is 1. The average Bonchev–Trinajstić information content (AvgIpc) is 2.86. The van der Waals surface area contributed by atoms with Crippen LogP contribution in [0.4, 0.5) is 11.4 Å². The van der Waals surface area contributed by atoms with Crippen molar-refractivity contribution in [2.75, 3.05) is 5.32 Å². The summed E-state index contributed by atoms with van der Waals surface area (Å²) in [6.45, 7) is 1.69. The molecule has 2 rings (SSSR count). The molecule has 0 saturated heterocycles. The van der Waals surface area contributed by atoms with E-state index >= 15 is 0 Å². The molecule has 0 unspecified atom stereocenters. The minimum Gasteiger partial charge on any atom is -0.324 e. The number of non-ortho nitro benzene ring substituents is 1. The van der Waals surface area contributed by atoms with Crippen LogP contribution in [-0.4, -0.2) is 36.3 Å². The minimum atomic E-state index is -0.559. The third kappa shape index (κ3) is 3.71. The lowest BCUT2D eigenvalue weighted by atomic mass is 10.2. The molecule has 11 heteroatoms. The summed E-state index contributed by atoms with van der Waals surface area (Å²) in [5.74, 6) is -0.316. The number of tetrazole rings is 1. The van der Waals surface area contributed by atoms with Crippen LogP contribution in [0.25, 0.3) is 0 Å². The predicted molar refractivity (Wildman–Crippen MR) is 80.9 cm³/mol. The van der Waals surface area contributed by atoms with Crippen LogP contribution in [0.1, 0.15) is 6.92 Å². The molecule has 0 fully saturated rings. The number of nitro benzene ring substituents is 1. The fourth-order valence-electron chi connectivity index (χ4n) is 1.49. The molecular weight excluding hydrogens is 332 g/mol. The van der Waals surface area contributed by atoms with E-state index in [2.05, 4.69) is 20.8 Å². The van der Waals surface area contributed by atoms with Gasteiger partial charge in [0, 0.05) is 19.2 Å². The van der Waals surface area contributed by atoms with Crippen LogP contribution in [0.5, 0.6) is 0 Å². The van der Waals surface area contributed by atoms with Crippen molar-refractivity contribution in [2.24, 2.45) is 7.05 Å². The molecule has 0 radical (unpaired) electrons. The maximum atomic E-state index is 12.1. The highest BCUT2D eigenvalue weighted by molar-refractivity contribution is 8.00. The Hall–Kier alpha value is -2.20. The lowest BCUT2D eigenvalue weighted by Crippen LogP contribution is -2.23. The Morgan fingerprint density at radius 2 is 2.27 bits per heavy atom. The van der Waals surface area contributed by atoms with Gasteiger partial charge in [0.2, 0.25) is 11.1 Å². The molecule has 0 aliphatic heterocycles. The first-order chi connectivity index (χ1) is 10.4. The summed E-state index contributed by atoms with van der Waals surface area (Å²) in [6, 6.07) is 3.84. The monoisotopic (exact) mass is 342 g/mol. The zero-order chi connectivity index (χ0) is 16.3. The lowest BCUT2D eigenvalue weighted by Gasteiger charge is -2.11. The van der Waals surface area contributed by atoms with Gasteiger partial charge < -0.3 is 5.32 Å². The number of hydrogen-bond acceptors (Lipinski definition) is 7. The van der Waals surface area contributed by atoms with E-state index < -0.39 is 10.2 Å². The second-order valence-corrected chi connectivity index (χ2v) is 5.97. The van der Waals surface area contributed by atoms with Crippen LogP contribution in [0.3, 0.4) is 0 Å². The largest absolute Gasteiger partial charge is 0.324 e. The highest BCUT2D eigenvalue weighted by Gasteiger charge is 2.19. The standard InChI is InChI=1S/C11H11ClN6O3S/c1-6(22-11-14-15-16-17(11)2)10(19)13-9-4-3-7(18(20)21)5-8(9)12/h3-6H,1-2H3,(H,13,19)/t6-/m1/s1. The van der Waals surface area contributed by atoms with Crippen molar-refractivity contribution >= 4 is 40.6 Å². The summed E-state index contributed by atoms with van der Waals surface area (Å²) < 4.78 is 1.45. The van der Waals surface area contributed by atoms with E-state index in [0.29, 0.717) is 10.8 Å². The number of rotatable bonds is 5. The first kappa shape index (κ1) is 16.2. The fraction of sp³-hybridized carbons (Fsp3) is 0.273. The van der Waals surface area contributed by atoms with Crippen molar-refractivity contribution in [1.82, 2.24) is 20.2 Å². The summed E-state index contributed by atoms with van der Waals surface area (Å²) >= 11 is 7.11. The zero-order valence-corrected chi connectivity index (χ0v) is 13.1. The average molecular weight is 343 g/mol. The predicted octanol–water partition coefficient (Wildman–Crippen LogP) is 1.89. The molecule has 1 N–H and O–H groups in total. The highest BCUT2D eigenvalue weighted by Crippen LogP contribution is 2.28. The Morgan fingerprint density at radius 1 is 1.55 bits per heavy atom. The van der Waals surface area contributed by atoms with Gasteiger partial charge in [-0.05, 0) is 23.4 Å². The van der Waals surface area contributed by atoms with Gasteiger partial charge in [-0.3, -0.25) is 14.9 Å². The van der Waals surface area contributed by atoms with Gasteiger partial charge in [0.05, 0.1) is 20.9 Å². The number of carbonyl (C=O) groups excluding carboxylic acids is 1. The first-order valence-corrected chi connectivity index (χ1v) is 7.28. The zero-order valence-electron chi connectivity index (χ0n) is 11.6. The number of aryl methyl sites for hydroxylation is 1. The number of nitrogens with one attached hydrogen (secondary N) is 1. The van der Waals surface area contributed by atoms with E-state index in [1.165, 1.54) is 34.6 Å². The lowest BCUT2D eigenvalue weighted by molar-refractivity contribution is -0.384. The quantitative estimate of drug-likeness (QED) is 0.501. The Kier molecular flexibility index (Phi) is 4.93. The molecular formula is C11H11ClN6O3S. The van der Waals surface area contributed by atoms with Crippen LogP contribution in [0, 0.1) is 10.1 Å². The van der Waals surface area contributed by atoms with Crippen molar-refractivity contribution in [2.45, 2.75) is 17.3 Å². The molecule has 1 aromatic carbocycles. The minimum absolute atomic E-state index is 0.0973. The molecule has 0 spiro atoms. The fourth-order valence-corrected chi connectivity index (χ4v) is 2.46. The summed E-state index contributed by atoms with van der Waals surface area (Å²) in [5.41, 5.74) is 0.163. The third-order valence-electron chi connectivity index (χ3n) is 2.65. The number of aromatic nitrogens is 4. The van der Waals surface area contributed by atoms with Gasteiger partial charge in [0.1, 0.15) is 0 Å². The van der Waals surface area contributed by atoms with Crippen molar-refractivity contribution < 1.29 is 9.72 Å².